The van der Waals surface area contributed by atoms with Gasteiger partial charge >= 0.3 is 5.69 Å². The lowest BCUT2D eigenvalue weighted by Crippen LogP contribution is -2.40. The number of nitroso groups, excluding NO2 is 1. The molecule has 2 heterocycles. The molecule has 0 bridgehead atoms. The van der Waals surface area contributed by atoms with Gasteiger partial charge in [-0.05, 0) is 25.3 Å². The van der Waals surface area contributed by atoms with E-state index in [1.165, 1.54) is 17.8 Å². The fraction of sp³-hybridized carbons (Fsp3) is 0.615. The molecule has 0 saturated carbocycles. The van der Waals surface area contributed by atoms with E-state index in [9.17, 15) is 19.6 Å². The van der Waals surface area contributed by atoms with E-state index < -0.39 is 23.4 Å². The van der Waals surface area contributed by atoms with Crippen molar-refractivity contribution in [1.29, 1.82) is 0 Å². The average Bonchev–Trinajstić information content (AvgIpc) is 2.95. The summed E-state index contributed by atoms with van der Waals surface area (Å²) in [5, 5.41) is 15.6. The SMILES string of the molecule is CC(O)C(CCCn1c(=O)c2c(ncn2C)n(CN=[N+]=[N-])c1=O)N=O. The lowest BCUT2D eigenvalue weighted by atomic mass is 10.1. The summed E-state index contributed by atoms with van der Waals surface area (Å²) in [5.41, 5.74) is 7.65. The van der Waals surface area contributed by atoms with Crippen molar-refractivity contribution in [3.8, 4) is 0 Å². The summed E-state index contributed by atoms with van der Waals surface area (Å²) in [6.45, 7) is 1.19. The second-order valence-electron chi connectivity index (χ2n) is 5.62. The van der Waals surface area contributed by atoms with Gasteiger partial charge in [-0.25, -0.2) is 9.78 Å². The van der Waals surface area contributed by atoms with Crippen LogP contribution in [0.2, 0.25) is 0 Å². The Bertz CT molecular complexity index is 934. The minimum Gasteiger partial charge on any atom is -0.391 e. The van der Waals surface area contributed by atoms with Crippen molar-refractivity contribution < 1.29 is 5.11 Å². The Hall–Kier alpha value is -2.98. The van der Waals surface area contributed by atoms with Gasteiger partial charge in [-0.1, -0.05) is 10.3 Å². The van der Waals surface area contributed by atoms with Gasteiger partial charge < -0.3 is 9.67 Å². The summed E-state index contributed by atoms with van der Waals surface area (Å²) in [5.74, 6) is 0. The Morgan fingerprint density at radius 3 is 2.72 bits per heavy atom. The van der Waals surface area contributed by atoms with E-state index in [0.717, 1.165) is 9.13 Å². The summed E-state index contributed by atoms with van der Waals surface area (Å²) >= 11 is 0. The third-order valence-electron chi connectivity index (χ3n) is 3.92. The van der Waals surface area contributed by atoms with Gasteiger partial charge in [0, 0.05) is 18.5 Å². The van der Waals surface area contributed by atoms with E-state index >= 15 is 0 Å². The molecule has 0 aliphatic carbocycles. The van der Waals surface area contributed by atoms with Crippen LogP contribution in [-0.2, 0) is 20.3 Å². The highest BCUT2D eigenvalue weighted by molar-refractivity contribution is 5.69. The quantitative estimate of drug-likeness (QED) is 0.316. The molecule has 1 N–H and O–H groups in total. The zero-order valence-corrected chi connectivity index (χ0v) is 13.8. The molecule has 134 valence electrons. The van der Waals surface area contributed by atoms with Crippen molar-refractivity contribution in [3.05, 3.63) is 42.5 Å². The zero-order valence-electron chi connectivity index (χ0n) is 13.8. The number of nitrogens with zero attached hydrogens (tertiary/aromatic N) is 8. The Labute approximate surface area is 140 Å². The van der Waals surface area contributed by atoms with Gasteiger partial charge in [0.05, 0.1) is 12.4 Å². The van der Waals surface area contributed by atoms with Crippen LogP contribution < -0.4 is 11.2 Å². The third-order valence-corrected chi connectivity index (χ3v) is 3.92. The Balaban J connectivity index is 2.44. The number of rotatable bonds is 8. The summed E-state index contributed by atoms with van der Waals surface area (Å²) in [4.78, 5) is 42.5. The lowest BCUT2D eigenvalue weighted by molar-refractivity contribution is 0.157. The van der Waals surface area contributed by atoms with Crippen LogP contribution in [0.4, 0.5) is 0 Å². The standard InChI is InChI=1S/C13H18N8O4/c1-8(22)9(17-25)4-3-5-20-12(23)10-11(15-6-19(10)2)21(13(20)24)7-16-18-14/h6,8-9,22H,3-5,7H2,1-2H3. The van der Waals surface area contributed by atoms with Gasteiger partial charge in [0.2, 0.25) is 0 Å². The van der Waals surface area contributed by atoms with E-state index in [0.29, 0.717) is 6.42 Å². The summed E-state index contributed by atoms with van der Waals surface area (Å²) in [6.07, 6.45) is 1.01. The fourth-order valence-corrected chi connectivity index (χ4v) is 2.57. The molecule has 25 heavy (non-hydrogen) atoms. The minimum atomic E-state index is -0.907. The molecule has 12 heteroatoms. The molecular formula is C13H18N8O4. The van der Waals surface area contributed by atoms with Crippen LogP contribution in [0.5, 0.6) is 0 Å². The molecule has 0 spiro atoms. The van der Waals surface area contributed by atoms with Crippen molar-refractivity contribution >= 4 is 11.2 Å². The molecule has 12 nitrogen and oxygen atoms in total. The second kappa shape index (κ2) is 7.73. The van der Waals surface area contributed by atoms with E-state index in [1.54, 1.807) is 7.05 Å². The maximum absolute atomic E-state index is 12.6. The Morgan fingerprint density at radius 1 is 1.40 bits per heavy atom. The summed E-state index contributed by atoms with van der Waals surface area (Å²) < 4.78 is 3.59. The molecule has 0 aliphatic rings. The maximum atomic E-state index is 12.6. The van der Waals surface area contributed by atoms with Crippen LogP contribution in [0.25, 0.3) is 21.6 Å². The van der Waals surface area contributed by atoms with Crippen LogP contribution >= 0.6 is 0 Å². The van der Waals surface area contributed by atoms with Crippen molar-refractivity contribution in [2.75, 3.05) is 0 Å². The number of hydrogen-bond donors (Lipinski definition) is 1. The number of hydrogen-bond acceptors (Lipinski definition) is 7. The predicted octanol–water partition coefficient (Wildman–Crippen LogP) is 0.460. The minimum absolute atomic E-state index is 0.0355. The first-order valence-electron chi connectivity index (χ1n) is 7.58. The third kappa shape index (κ3) is 3.59. The highest BCUT2D eigenvalue weighted by Crippen LogP contribution is 2.09. The molecule has 2 atom stereocenters. The molecule has 0 aromatic carbocycles. The van der Waals surface area contributed by atoms with E-state index in [2.05, 4.69) is 20.2 Å². The van der Waals surface area contributed by atoms with Gasteiger partial charge in [0.1, 0.15) is 12.7 Å². The Morgan fingerprint density at radius 2 is 2.12 bits per heavy atom. The molecule has 0 saturated heterocycles. The highest BCUT2D eigenvalue weighted by Gasteiger charge is 2.18. The van der Waals surface area contributed by atoms with Crippen molar-refractivity contribution in [2.45, 2.75) is 45.1 Å². The summed E-state index contributed by atoms with van der Waals surface area (Å²) in [6, 6.07) is -0.804. The van der Waals surface area contributed by atoms with Gasteiger partial charge in [0.15, 0.2) is 11.2 Å². The fourth-order valence-electron chi connectivity index (χ4n) is 2.57. The van der Waals surface area contributed by atoms with Gasteiger partial charge in [0.25, 0.3) is 5.56 Å². The molecule has 2 rings (SSSR count). The Kier molecular flexibility index (Phi) is 5.67. The number of aromatic nitrogens is 4. The van der Waals surface area contributed by atoms with Gasteiger partial charge in [-0.2, -0.15) is 4.91 Å². The maximum Gasteiger partial charge on any atom is 0.332 e. The van der Waals surface area contributed by atoms with Crippen LogP contribution in [0.3, 0.4) is 0 Å². The molecular weight excluding hydrogens is 332 g/mol. The van der Waals surface area contributed by atoms with E-state index in [1.807, 2.05) is 0 Å². The highest BCUT2D eigenvalue weighted by atomic mass is 16.3. The predicted molar refractivity (Wildman–Crippen MR) is 88.9 cm³/mol. The largest absolute Gasteiger partial charge is 0.391 e. The normalized spacial score (nSPS) is 13.4. The second-order valence-corrected chi connectivity index (χ2v) is 5.62. The van der Waals surface area contributed by atoms with Crippen molar-refractivity contribution in [1.82, 2.24) is 18.7 Å². The first kappa shape index (κ1) is 18.4. The first-order chi connectivity index (χ1) is 11.9. The molecule has 2 unspecified atom stereocenters. The topological polar surface area (TPSA) is 160 Å². The first-order valence-corrected chi connectivity index (χ1v) is 7.58. The van der Waals surface area contributed by atoms with E-state index in [4.69, 9.17) is 5.53 Å². The van der Waals surface area contributed by atoms with Crippen molar-refractivity contribution in [2.24, 2.45) is 17.3 Å². The number of imidazole rings is 1. The molecule has 0 aliphatic heterocycles. The molecule has 0 amide bonds. The smallest absolute Gasteiger partial charge is 0.332 e. The van der Waals surface area contributed by atoms with Crippen LogP contribution in [0, 0.1) is 4.91 Å². The summed E-state index contributed by atoms with van der Waals surface area (Å²) in [7, 11) is 1.61. The molecule has 2 aromatic rings. The molecule has 2 aromatic heterocycles. The van der Waals surface area contributed by atoms with Crippen LogP contribution in [0.1, 0.15) is 19.8 Å². The average molecular weight is 350 g/mol. The van der Waals surface area contributed by atoms with Crippen LogP contribution in [0.15, 0.2) is 26.2 Å². The number of fused-ring (bicyclic) bond motifs is 1. The number of aliphatic hydroxyl groups is 1. The van der Waals surface area contributed by atoms with Gasteiger partial charge in [-0.15, -0.1) is 0 Å². The van der Waals surface area contributed by atoms with E-state index in [-0.39, 0.29) is 30.8 Å². The number of aliphatic hydroxyl groups excluding tert-OH is 1. The number of azide groups is 1. The monoisotopic (exact) mass is 350 g/mol. The number of aryl methyl sites for hydroxylation is 1. The lowest BCUT2D eigenvalue weighted by Gasteiger charge is -2.13. The zero-order chi connectivity index (χ0) is 18.6. The molecule has 0 radical (unpaired) electrons. The van der Waals surface area contributed by atoms with Crippen LogP contribution in [-0.4, -0.2) is 35.9 Å². The van der Waals surface area contributed by atoms with Crippen molar-refractivity contribution in [3.63, 3.8) is 0 Å². The molecule has 0 fully saturated rings. The van der Waals surface area contributed by atoms with Gasteiger partial charge in [-0.3, -0.25) is 13.9 Å².